The van der Waals surface area contributed by atoms with Crippen LogP contribution in [0.25, 0.3) is 0 Å². The number of carbonyl (C=O) groups excluding carboxylic acids is 2. The van der Waals surface area contributed by atoms with Gasteiger partial charge >= 0.3 is 12.1 Å². The van der Waals surface area contributed by atoms with E-state index in [1.54, 1.807) is 13.0 Å². The predicted octanol–water partition coefficient (Wildman–Crippen LogP) is 3.69. The number of nitrogens with one attached hydrogen (secondary N) is 1. The number of carbonyl (C=O) groups is 2. The molecule has 0 amide bonds. The summed E-state index contributed by atoms with van der Waals surface area (Å²) < 4.78 is 45.0. The highest BCUT2D eigenvalue weighted by atomic mass is 19.4. The molecule has 3 rings (SSSR count). The highest BCUT2D eigenvalue weighted by Gasteiger charge is 2.37. The van der Waals surface area contributed by atoms with Gasteiger partial charge in [-0.3, -0.25) is 9.59 Å². The number of halogens is 3. The first-order chi connectivity index (χ1) is 13.7. The van der Waals surface area contributed by atoms with Crippen LogP contribution in [0, 0.1) is 19.8 Å². The van der Waals surface area contributed by atoms with Crippen LogP contribution in [0.5, 0.6) is 0 Å². The van der Waals surface area contributed by atoms with E-state index in [4.69, 9.17) is 4.74 Å². The van der Waals surface area contributed by atoms with Gasteiger partial charge < -0.3 is 14.6 Å². The summed E-state index contributed by atoms with van der Waals surface area (Å²) in [5.41, 5.74) is 1.16. The zero-order chi connectivity index (χ0) is 21.2. The van der Waals surface area contributed by atoms with E-state index < -0.39 is 30.2 Å². The lowest BCUT2D eigenvalue weighted by Crippen LogP contribution is -2.41. The molecular formula is C20H22F3N3O3. The summed E-state index contributed by atoms with van der Waals surface area (Å²) in [5.74, 6) is -1.71. The predicted molar refractivity (Wildman–Crippen MR) is 99.7 cm³/mol. The molecule has 1 saturated heterocycles. The Morgan fingerprint density at radius 2 is 2.10 bits per heavy atom. The molecule has 0 aliphatic carbocycles. The summed E-state index contributed by atoms with van der Waals surface area (Å²) >= 11 is 0. The Morgan fingerprint density at radius 3 is 2.76 bits per heavy atom. The third kappa shape index (κ3) is 4.78. The third-order valence-electron chi connectivity index (χ3n) is 4.94. The SMILES string of the molecule is Cc1cc(C(=O)COC(=O)C2CCCN(c3ncccc3C(F)(F)F)C2)c(C)[nH]1. The summed E-state index contributed by atoms with van der Waals surface area (Å²) in [5, 5.41) is 0. The highest BCUT2D eigenvalue weighted by molar-refractivity contribution is 5.99. The minimum absolute atomic E-state index is 0.0649. The monoisotopic (exact) mass is 409 g/mol. The summed E-state index contributed by atoms with van der Waals surface area (Å²) in [4.78, 5) is 33.1. The number of H-pyrrole nitrogens is 1. The molecule has 0 saturated carbocycles. The van der Waals surface area contributed by atoms with Gasteiger partial charge in [0.15, 0.2) is 6.61 Å². The Bertz CT molecular complexity index is 908. The van der Waals surface area contributed by atoms with E-state index in [1.807, 2.05) is 6.92 Å². The first kappa shape index (κ1) is 20.9. The van der Waals surface area contributed by atoms with Crippen LogP contribution in [0.15, 0.2) is 24.4 Å². The van der Waals surface area contributed by atoms with Crippen molar-refractivity contribution < 1.29 is 27.5 Å². The van der Waals surface area contributed by atoms with Gasteiger partial charge in [-0.1, -0.05) is 0 Å². The van der Waals surface area contributed by atoms with Crippen LogP contribution >= 0.6 is 0 Å². The molecule has 1 aliphatic heterocycles. The van der Waals surface area contributed by atoms with E-state index in [0.717, 1.165) is 11.8 Å². The van der Waals surface area contributed by atoms with Crippen LogP contribution in [0.2, 0.25) is 0 Å². The number of ketones is 1. The maximum absolute atomic E-state index is 13.3. The van der Waals surface area contributed by atoms with Gasteiger partial charge in [0, 0.05) is 36.2 Å². The molecule has 0 radical (unpaired) electrons. The van der Waals surface area contributed by atoms with E-state index in [-0.39, 0.29) is 18.1 Å². The molecule has 2 aromatic rings. The summed E-state index contributed by atoms with van der Waals surface area (Å²) in [7, 11) is 0. The fraction of sp³-hybridized carbons (Fsp3) is 0.450. The molecule has 3 heterocycles. The number of esters is 1. The Labute approximate surface area is 166 Å². The van der Waals surface area contributed by atoms with Gasteiger partial charge in [-0.15, -0.1) is 0 Å². The molecule has 156 valence electrons. The van der Waals surface area contributed by atoms with E-state index in [0.29, 0.717) is 30.6 Å². The van der Waals surface area contributed by atoms with Gasteiger partial charge in [0.2, 0.25) is 5.78 Å². The smallest absolute Gasteiger partial charge is 0.419 e. The van der Waals surface area contributed by atoms with Crippen molar-refractivity contribution in [2.75, 3.05) is 24.6 Å². The number of anilines is 1. The average molecular weight is 409 g/mol. The number of aromatic amines is 1. The van der Waals surface area contributed by atoms with Gasteiger partial charge in [0.25, 0.3) is 0 Å². The van der Waals surface area contributed by atoms with Crippen LogP contribution in [0.4, 0.5) is 19.0 Å². The van der Waals surface area contributed by atoms with Gasteiger partial charge in [-0.2, -0.15) is 13.2 Å². The molecule has 1 fully saturated rings. The first-order valence-electron chi connectivity index (χ1n) is 9.30. The standard InChI is InChI=1S/C20H22F3N3O3/c1-12-9-15(13(2)25-12)17(27)11-29-19(28)14-5-4-8-26(10-14)18-16(20(21,22)23)6-3-7-24-18/h3,6-7,9,14,25H,4-5,8,10-11H2,1-2H3. The van der Waals surface area contributed by atoms with Crippen molar-refractivity contribution in [2.24, 2.45) is 5.92 Å². The molecule has 1 aliphatic rings. The quantitative estimate of drug-likeness (QED) is 0.602. The van der Waals surface area contributed by atoms with Gasteiger partial charge in [-0.05, 0) is 44.9 Å². The zero-order valence-electron chi connectivity index (χ0n) is 16.2. The minimum atomic E-state index is -4.53. The molecule has 1 atom stereocenters. The largest absolute Gasteiger partial charge is 0.457 e. The number of aryl methyl sites for hydroxylation is 2. The van der Waals surface area contributed by atoms with Crippen molar-refractivity contribution in [1.29, 1.82) is 0 Å². The molecule has 0 aromatic carbocycles. The molecule has 0 bridgehead atoms. The number of ether oxygens (including phenoxy) is 1. The van der Waals surface area contributed by atoms with Crippen molar-refractivity contribution in [2.45, 2.75) is 32.9 Å². The van der Waals surface area contributed by atoms with Crippen molar-refractivity contribution >= 4 is 17.6 Å². The lowest BCUT2D eigenvalue weighted by atomic mass is 9.97. The fourth-order valence-corrected chi connectivity index (χ4v) is 3.58. The molecule has 2 aromatic heterocycles. The number of alkyl halides is 3. The molecule has 6 nitrogen and oxygen atoms in total. The molecule has 9 heteroatoms. The molecular weight excluding hydrogens is 387 g/mol. The van der Waals surface area contributed by atoms with Crippen molar-refractivity contribution in [3.63, 3.8) is 0 Å². The van der Waals surface area contributed by atoms with E-state index >= 15 is 0 Å². The topological polar surface area (TPSA) is 75.3 Å². The van der Waals surface area contributed by atoms with Crippen LogP contribution in [0.3, 0.4) is 0 Å². The van der Waals surface area contributed by atoms with Crippen LogP contribution in [0.1, 0.15) is 40.2 Å². The molecule has 0 spiro atoms. The maximum atomic E-state index is 13.3. The van der Waals surface area contributed by atoms with E-state index in [9.17, 15) is 22.8 Å². The second-order valence-electron chi connectivity index (χ2n) is 7.18. The average Bonchev–Trinajstić information content (AvgIpc) is 3.03. The zero-order valence-corrected chi connectivity index (χ0v) is 16.2. The fourth-order valence-electron chi connectivity index (χ4n) is 3.58. The number of Topliss-reactive ketones (excluding diaryl/α,β-unsaturated/α-hetero) is 1. The number of aromatic nitrogens is 2. The summed E-state index contributed by atoms with van der Waals surface area (Å²) in [6, 6.07) is 3.90. The van der Waals surface area contributed by atoms with E-state index in [2.05, 4.69) is 9.97 Å². The molecule has 29 heavy (non-hydrogen) atoms. The van der Waals surface area contributed by atoms with Crippen LogP contribution < -0.4 is 4.90 Å². The van der Waals surface area contributed by atoms with Gasteiger partial charge in [0.05, 0.1) is 11.5 Å². The first-order valence-corrected chi connectivity index (χ1v) is 9.30. The second-order valence-corrected chi connectivity index (χ2v) is 7.18. The Morgan fingerprint density at radius 1 is 1.34 bits per heavy atom. The lowest BCUT2D eigenvalue weighted by Gasteiger charge is -2.33. The van der Waals surface area contributed by atoms with E-state index in [1.165, 1.54) is 17.2 Å². The van der Waals surface area contributed by atoms with Gasteiger partial charge in [-0.25, -0.2) is 4.98 Å². The summed E-state index contributed by atoms with van der Waals surface area (Å²) in [6.45, 7) is 3.61. The summed E-state index contributed by atoms with van der Waals surface area (Å²) in [6.07, 6.45) is -2.22. The van der Waals surface area contributed by atoms with Crippen molar-refractivity contribution in [3.05, 3.63) is 46.9 Å². The van der Waals surface area contributed by atoms with Crippen LogP contribution in [-0.4, -0.2) is 41.4 Å². The minimum Gasteiger partial charge on any atom is -0.457 e. The van der Waals surface area contributed by atoms with Gasteiger partial charge in [0.1, 0.15) is 5.82 Å². The highest BCUT2D eigenvalue weighted by Crippen LogP contribution is 2.36. The lowest BCUT2D eigenvalue weighted by molar-refractivity contribution is -0.147. The molecule has 1 N–H and O–H groups in total. The number of hydrogen-bond acceptors (Lipinski definition) is 5. The van der Waals surface area contributed by atoms with Crippen molar-refractivity contribution in [1.82, 2.24) is 9.97 Å². The Hall–Kier alpha value is -2.84. The maximum Gasteiger partial charge on any atom is 0.419 e. The Kier molecular flexibility index (Phi) is 5.95. The number of piperidine rings is 1. The van der Waals surface area contributed by atoms with Crippen molar-refractivity contribution in [3.8, 4) is 0 Å². The van der Waals surface area contributed by atoms with Crippen LogP contribution in [-0.2, 0) is 15.7 Å². The Balaban J connectivity index is 1.64. The normalized spacial score (nSPS) is 17.3. The number of pyridine rings is 1. The third-order valence-corrected chi connectivity index (χ3v) is 4.94. The number of hydrogen-bond donors (Lipinski definition) is 1. The molecule has 1 unspecified atom stereocenters. The second kappa shape index (κ2) is 8.26. The number of rotatable bonds is 5. The number of nitrogens with zero attached hydrogens (tertiary/aromatic N) is 2.